The van der Waals surface area contributed by atoms with Gasteiger partial charge in [-0.2, -0.15) is 0 Å². The van der Waals surface area contributed by atoms with Gasteiger partial charge in [0.1, 0.15) is 0 Å². The molecule has 0 aromatic carbocycles. The van der Waals surface area contributed by atoms with Crippen molar-refractivity contribution in [2.45, 2.75) is 25.3 Å². The molecule has 0 spiro atoms. The van der Waals surface area contributed by atoms with E-state index in [0.29, 0.717) is 5.54 Å². The molecule has 1 aliphatic carbocycles. The highest BCUT2D eigenvalue weighted by molar-refractivity contribution is 5.23. The van der Waals surface area contributed by atoms with Crippen LogP contribution in [0.25, 0.3) is 0 Å². The van der Waals surface area contributed by atoms with E-state index in [1.165, 1.54) is 12.8 Å². The summed E-state index contributed by atoms with van der Waals surface area (Å²) >= 11 is 0. The van der Waals surface area contributed by atoms with E-state index in [-0.39, 0.29) is 0 Å². The standard InChI is InChI=1S/C7H14N2/c1-7(4-5-7)9(3)6-8-2/h2,4-6H2,1,3H3. The first-order valence-corrected chi connectivity index (χ1v) is 3.33. The van der Waals surface area contributed by atoms with Gasteiger partial charge >= 0.3 is 0 Å². The lowest BCUT2D eigenvalue weighted by atomic mass is 10.3. The molecule has 0 radical (unpaired) electrons. The Morgan fingerprint density at radius 3 is 2.56 bits per heavy atom. The highest BCUT2D eigenvalue weighted by atomic mass is 15.2. The normalized spacial score (nSPS) is 22.1. The zero-order chi connectivity index (χ0) is 6.91. The zero-order valence-electron chi connectivity index (χ0n) is 6.22. The molecule has 1 rings (SSSR count). The van der Waals surface area contributed by atoms with E-state index in [1.54, 1.807) is 0 Å². The van der Waals surface area contributed by atoms with Crippen molar-refractivity contribution in [1.29, 1.82) is 0 Å². The summed E-state index contributed by atoms with van der Waals surface area (Å²) in [6, 6.07) is 0. The van der Waals surface area contributed by atoms with Crippen molar-refractivity contribution in [2.24, 2.45) is 4.99 Å². The van der Waals surface area contributed by atoms with E-state index in [2.05, 4.69) is 30.6 Å². The van der Waals surface area contributed by atoms with Crippen molar-refractivity contribution in [1.82, 2.24) is 4.90 Å². The van der Waals surface area contributed by atoms with Gasteiger partial charge in [0.05, 0.1) is 6.67 Å². The minimum absolute atomic E-state index is 0.460. The average molecular weight is 126 g/mol. The largest absolute Gasteiger partial charge is 0.285 e. The Bertz CT molecular complexity index is 116. The summed E-state index contributed by atoms with van der Waals surface area (Å²) in [5, 5.41) is 0. The van der Waals surface area contributed by atoms with Crippen molar-refractivity contribution in [3.63, 3.8) is 0 Å². The molecule has 1 saturated carbocycles. The van der Waals surface area contributed by atoms with Crippen LogP contribution in [0.5, 0.6) is 0 Å². The van der Waals surface area contributed by atoms with Crippen molar-refractivity contribution < 1.29 is 0 Å². The molecule has 0 aromatic rings. The first kappa shape index (κ1) is 6.75. The van der Waals surface area contributed by atoms with Crippen LogP contribution in [0.4, 0.5) is 0 Å². The molecule has 52 valence electrons. The molecule has 0 bridgehead atoms. The maximum atomic E-state index is 3.82. The molecular formula is C7H14N2. The third kappa shape index (κ3) is 1.30. The van der Waals surface area contributed by atoms with Crippen LogP contribution in [0, 0.1) is 0 Å². The van der Waals surface area contributed by atoms with E-state index in [0.717, 1.165) is 6.67 Å². The molecule has 1 fully saturated rings. The first-order valence-electron chi connectivity index (χ1n) is 3.33. The number of rotatable bonds is 3. The SMILES string of the molecule is C=NCN(C)C1(C)CC1. The maximum absolute atomic E-state index is 3.82. The predicted molar refractivity (Wildman–Crippen MR) is 39.8 cm³/mol. The van der Waals surface area contributed by atoms with Crippen LogP contribution in [0.2, 0.25) is 0 Å². The third-order valence-electron chi connectivity index (χ3n) is 2.21. The number of hydrogen-bond acceptors (Lipinski definition) is 2. The third-order valence-corrected chi connectivity index (χ3v) is 2.21. The molecule has 0 N–H and O–H groups in total. The molecule has 1 aliphatic rings. The van der Waals surface area contributed by atoms with Gasteiger partial charge in [-0.05, 0) is 33.5 Å². The van der Waals surface area contributed by atoms with Gasteiger partial charge < -0.3 is 0 Å². The number of hydrogen-bond donors (Lipinski definition) is 0. The zero-order valence-corrected chi connectivity index (χ0v) is 6.22. The maximum Gasteiger partial charge on any atom is 0.0904 e. The summed E-state index contributed by atoms with van der Waals surface area (Å²) in [4.78, 5) is 6.07. The molecular weight excluding hydrogens is 112 g/mol. The van der Waals surface area contributed by atoms with Crippen LogP contribution in [0.15, 0.2) is 4.99 Å². The summed E-state index contributed by atoms with van der Waals surface area (Å²) in [6.45, 7) is 6.49. The van der Waals surface area contributed by atoms with Crippen LogP contribution in [0.3, 0.4) is 0 Å². The number of aliphatic imine (C=N–C) groups is 1. The Balaban J connectivity index is 2.32. The molecule has 0 aliphatic heterocycles. The summed E-state index contributed by atoms with van der Waals surface area (Å²) in [7, 11) is 2.10. The van der Waals surface area contributed by atoms with E-state index in [9.17, 15) is 0 Å². The highest BCUT2D eigenvalue weighted by Crippen LogP contribution is 2.39. The van der Waals surface area contributed by atoms with Gasteiger partial charge in [-0.3, -0.25) is 9.89 Å². The Hall–Kier alpha value is -0.370. The van der Waals surface area contributed by atoms with E-state index in [1.807, 2.05) is 0 Å². The van der Waals surface area contributed by atoms with Crippen LogP contribution in [0.1, 0.15) is 19.8 Å². The van der Waals surface area contributed by atoms with Gasteiger partial charge in [-0.1, -0.05) is 0 Å². The fourth-order valence-corrected chi connectivity index (χ4v) is 0.883. The number of nitrogens with zero attached hydrogens (tertiary/aromatic N) is 2. The summed E-state index contributed by atoms with van der Waals surface area (Å²) in [5.41, 5.74) is 0.460. The molecule has 2 heteroatoms. The molecule has 0 aromatic heterocycles. The minimum atomic E-state index is 0.460. The predicted octanol–water partition coefficient (Wildman–Crippen LogP) is 1.13. The molecule has 0 unspecified atom stereocenters. The lowest BCUT2D eigenvalue weighted by Crippen LogP contribution is -2.30. The molecule has 2 nitrogen and oxygen atoms in total. The molecule has 0 heterocycles. The topological polar surface area (TPSA) is 15.6 Å². The summed E-state index contributed by atoms with van der Waals surface area (Å²) in [5.74, 6) is 0. The van der Waals surface area contributed by atoms with Gasteiger partial charge in [-0.25, -0.2) is 0 Å². The minimum Gasteiger partial charge on any atom is -0.285 e. The Kier molecular flexibility index (Phi) is 1.58. The lowest BCUT2D eigenvalue weighted by Gasteiger charge is -2.21. The van der Waals surface area contributed by atoms with Gasteiger partial charge in [0, 0.05) is 5.54 Å². The second-order valence-corrected chi connectivity index (χ2v) is 3.06. The van der Waals surface area contributed by atoms with E-state index < -0.39 is 0 Å². The van der Waals surface area contributed by atoms with Crippen molar-refractivity contribution in [3.8, 4) is 0 Å². The Morgan fingerprint density at radius 2 is 2.22 bits per heavy atom. The van der Waals surface area contributed by atoms with Gasteiger partial charge in [-0.15, -0.1) is 0 Å². The van der Waals surface area contributed by atoms with Crippen molar-refractivity contribution in [2.75, 3.05) is 13.7 Å². The lowest BCUT2D eigenvalue weighted by molar-refractivity contribution is 0.247. The molecule has 0 atom stereocenters. The van der Waals surface area contributed by atoms with Crippen molar-refractivity contribution >= 4 is 6.72 Å². The monoisotopic (exact) mass is 126 g/mol. The first-order chi connectivity index (χ1) is 4.19. The van der Waals surface area contributed by atoms with Crippen molar-refractivity contribution in [3.05, 3.63) is 0 Å². The summed E-state index contributed by atoms with van der Waals surface area (Å²) in [6.07, 6.45) is 2.64. The second kappa shape index (κ2) is 2.10. The van der Waals surface area contributed by atoms with Gasteiger partial charge in [0.25, 0.3) is 0 Å². The highest BCUT2D eigenvalue weighted by Gasteiger charge is 2.40. The van der Waals surface area contributed by atoms with Gasteiger partial charge in [0.2, 0.25) is 0 Å². The Morgan fingerprint density at radius 1 is 1.67 bits per heavy atom. The van der Waals surface area contributed by atoms with E-state index in [4.69, 9.17) is 0 Å². The summed E-state index contributed by atoms with van der Waals surface area (Å²) < 4.78 is 0. The van der Waals surface area contributed by atoms with Crippen LogP contribution in [-0.4, -0.2) is 30.9 Å². The fourth-order valence-electron chi connectivity index (χ4n) is 0.883. The second-order valence-electron chi connectivity index (χ2n) is 3.06. The fraction of sp³-hybridized carbons (Fsp3) is 0.857. The molecule has 0 saturated heterocycles. The van der Waals surface area contributed by atoms with Crippen LogP contribution in [-0.2, 0) is 0 Å². The molecule has 9 heavy (non-hydrogen) atoms. The van der Waals surface area contributed by atoms with E-state index >= 15 is 0 Å². The quantitative estimate of drug-likeness (QED) is 0.517. The smallest absolute Gasteiger partial charge is 0.0904 e. The van der Waals surface area contributed by atoms with Crippen LogP contribution < -0.4 is 0 Å². The Labute approximate surface area is 56.6 Å². The van der Waals surface area contributed by atoms with Crippen LogP contribution >= 0.6 is 0 Å². The average Bonchev–Trinajstić information content (AvgIpc) is 2.50. The molecule has 0 amide bonds. The van der Waals surface area contributed by atoms with Gasteiger partial charge in [0.15, 0.2) is 0 Å².